The number of nitrogens with two attached hydrogens (primary N) is 4. The van der Waals surface area contributed by atoms with Crippen molar-refractivity contribution in [3.63, 3.8) is 0 Å². The average molecular weight is 461 g/mol. The summed E-state index contributed by atoms with van der Waals surface area (Å²) in [5, 5.41) is 6.29. The summed E-state index contributed by atoms with van der Waals surface area (Å²) in [5.74, 6) is -0.147. The lowest BCUT2D eigenvalue weighted by molar-refractivity contribution is -0.114. The van der Waals surface area contributed by atoms with E-state index in [1.165, 1.54) is 5.12 Å². The standard InChI is InChI=1S/C22H24N10O2/c1-12-27-21-16(22(34)28-12)18(24)30(14-10-6-3-7-11-14)32(21)31-19(25)15(20(26)33)17(23)29(31)13-8-4-2-5-9-13/h2-11,17-18H,23-25H2,1H3,(H2,26,33)(H,27,28,34). The van der Waals surface area contributed by atoms with Gasteiger partial charge >= 0.3 is 0 Å². The number of primary amides is 1. The number of rotatable bonds is 4. The highest BCUT2D eigenvalue weighted by atomic mass is 16.1. The van der Waals surface area contributed by atoms with Gasteiger partial charge in [0.25, 0.3) is 11.5 Å². The van der Waals surface area contributed by atoms with E-state index < -0.39 is 18.2 Å². The highest BCUT2D eigenvalue weighted by molar-refractivity contribution is 5.95. The number of nitrogens with one attached hydrogen (secondary N) is 1. The molecule has 2 aromatic carbocycles. The third kappa shape index (κ3) is 3.04. The van der Waals surface area contributed by atoms with Gasteiger partial charge in [-0.05, 0) is 31.2 Å². The molecule has 0 fully saturated rings. The summed E-state index contributed by atoms with van der Waals surface area (Å²) < 4.78 is 0. The molecule has 9 N–H and O–H groups in total. The maximum Gasteiger partial charge on any atom is 0.259 e. The van der Waals surface area contributed by atoms with Crippen molar-refractivity contribution in [1.82, 2.24) is 15.1 Å². The summed E-state index contributed by atoms with van der Waals surface area (Å²) in [6.07, 6.45) is -1.91. The number of carbonyl (C=O) groups is 1. The number of anilines is 3. The zero-order valence-corrected chi connectivity index (χ0v) is 18.3. The van der Waals surface area contributed by atoms with Crippen LogP contribution in [0.1, 0.15) is 17.6 Å². The summed E-state index contributed by atoms with van der Waals surface area (Å²) in [5.41, 5.74) is 26.4. The maximum absolute atomic E-state index is 12.9. The number of carbonyl (C=O) groups excluding carboxylic acids is 1. The lowest BCUT2D eigenvalue weighted by Gasteiger charge is -2.45. The van der Waals surface area contributed by atoms with Crippen molar-refractivity contribution < 1.29 is 4.79 Å². The van der Waals surface area contributed by atoms with Crippen molar-refractivity contribution in [2.45, 2.75) is 19.3 Å². The number of hydrogen-bond acceptors (Lipinski definition) is 10. The summed E-state index contributed by atoms with van der Waals surface area (Å²) in [6.45, 7) is 1.66. The number of nitrogens with zero attached hydrogens (tertiary/aromatic N) is 5. The van der Waals surface area contributed by atoms with Crippen molar-refractivity contribution in [2.24, 2.45) is 22.9 Å². The first kappa shape index (κ1) is 21.3. The van der Waals surface area contributed by atoms with E-state index in [0.29, 0.717) is 17.2 Å². The predicted molar refractivity (Wildman–Crippen MR) is 127 cm³/mol. The first-order valence-electron chi connectivity index (χ1n) is 10.5. The largest absolute Gasteiger partial charge is 0.382 e. The van der Waals surface area contributed by atoms with Crippen LogP contribution in [0.5, 0.6) is 0 Å². The Bertz CT molecular complexity index is 1340. The number of para-hydroxylation sites is 2. The van der Waals surface area contributed by atoms with Crippen molar-refractivity contribution in [2.75, 3.05) is 15.1 Å². The SMILES string of the molecule is Cc1nc2c(c(=O)[nH]1)C(N)N(c1ccccc1)N2N1C(N)=C(C(N)=O)C(N)N1c1ccccc1. The highest BCUT2D eigenvalue weighted by Crippen LogP contribution is 2.42. The molecule has 1 amide bonds. The molecule has 0 bridgehead atoms. The summed E-state index contributed by atoms with van der Waals surface area (Å²) >= 11 is 0. The molecular weight excluding hydrogens is 436 g/mol. The van der Waals surface area contributed by atoms with E-state index in [0.717, 1.165) is 0 Å². The third-order valence-electron chi connectivity index (χ3n) is 5.75. The topological polar surface area (TPSA) is 180 Å². The lowest BCUT2D eigenvalue weighted by atomic mass is 10.2. The van der Waals surface area contributed by atoms with Crippen LogP contribution in [0.25, 0.3) is 0 Å². The van der Waals surface area contributed by atoms with E-state index in [4.69, 9.17) is 22.9 Å². The molecule has 34 heavy (non-hydrogen) atoms. The van der Waals surface area contributed by atoms with Gasteiger partial charge < -0.3 is 27.9 Å². The molecular formula is C22H24N10O2. The molecule has 0 saturated carbocycles. The van der Waals surface area contributed by atoms with Crippen LogP contribution in [0.2, 0.25) is 0 Å². The molecule has 2 aliphatic heterocycles. The van der Waals surface area contributed by atoms with Gasteiger partial charge in [0.05, 0.1) is 16.9 Å². The smallest absolute Gasteiger partial charge is 0.259 e. The van der Waals surface area contributed by atoms with Gasteiger partial charge in [-0.3, -0.25) is 9.59 Å². The minimum atomic E-state index is -0.999. The van der Waals surface area contributed by atoms with Gasteiger partial charge in [-0.15, -0.1) is 0 Å². The molecule has 0 saturated heterocycles. The van der Waals surface area contributed by atoms with E-state index in [1.54, 1.807) is 22.1 Å². The van der Waals surface area contributed by atoms with Crippen LogP contribution in [-0.2, 0) is 4.79 Å². The Hall–Kier alpha value is -4.55. The fourth-order valence-corrected chi connectivity index (χ4v) is 4.30. The summed E-state index contributed by atoms with van der Waals surface area (Å²) in [7, 11) is 0. The van der Waals surface area contributed by atoms with Gasteiger partial charge in [0.2, 0.25) is 0 Å². The molecule has 12 heteroatoms. The van der Waals surface area contributed by atoms with E-state index in [9.17, 15) is 9.59 Å². The minimum Gasteiger partial charge on any atom is -0.382 e. The first-order valence-corrected chi connectivity index (χ1v) is 10.5. The second-order valence-corrected chi connectivity index (χ2v) is 7.88. The van der Waals surface area contributed by atoms with Crippen LogP contribution in [0.4, 0.5) is 17.2 Å². The fourth-order valence-electron chi connectivity index (χ4n) is 4.30. The molecule has 3 heterocycles. The molecule has 2 unspecified atom stereocenters. The second-order valence-electron chi connectivity index (χ2n) is 7.88. The molecule has 0 spiro atoms. The number of aromatic amines is 1. The Morgan fingerprint density at radius 2 is 1.44 bits per heavy atom. The molecule has 5 rings (SSSR count). The van der Waals surface area contributed by atoms with Crippen molar-refractivity contribution in [1.29, 1.82) is 0 Å². The fraction of sp³-hybridized carbons (Fsp3) is 0.136. The van der Waals surface area contributed by atoms with E-state index in [2.05, 4.69) is 9.97 Å². The average Bonchev–Trinajstić information content (AvgIpc) is 3.24. The summed E-state index contributed by atoms with van der Waals surface area (Å²) in [4.78, 5) is 32.6. The maximum atomic E-state index is 12.9. The van der Waals surface area contributed by atoms with Gasteiger partial charge in [-0.25, -0.2) is 15.0 Å². The molecule has 0 radical (unpaired) electrons. The minimum absolute atomic E-state index is 0.00966. The van der Waals surface area contributed by atoms with E-state index >= 15 is 0 Å². The van der Waals surface area contributed by atoms with Gasteiger partial charge in [0, 0.05) is 0 Å². The highest BCUT2D eigenvalue weighted by Gasteiger charge is 2.49. The molecule has 12 nitrogen and oxygen atoms in total. The van der Waals surface area contributed by atoms with Crippen LogP contribution in [0.3, 0.4) is 0 Å². The Morgan fingerprint density at radius 3 is 1.97 bits per heavy atom. The molecule has 0 aliphatic carbocycles. The Morgan fingerprint density at radius 1 is 0.912 bits per heavy atom. The summed E-state index contributed by atoms with van der Waals surface area (Å²) in [6, 6.07) is 18.3. The number of aromatic nitrogens is 2. The van der Waals surface area contributed by atoms with Gasteiger partial charge in [0.15, 0.2) is 11.6 Å². The quantitative estimate of drug-likeness (QED) is 0.352. The molecule has 2 atom stereocenters. The van der Waals surface area contributed by atoms with Gasteiger partial charge in [0.1, 0.15) is 23.7 Å². The third-order valence-corrected chi connectivity index (χ3v) is 5.75. The van der Waals surface area contributed by atoms with Crippen LogP contribution >= 0.6 is 0 Å². The number of hydrogen-bond donors (Lipinski definition) is 5. The lowest BCUT2D eigenvalue weighted by Crippen LogP contribution is -2.61. The van der Waals surface area contributed by atoms with Crippen LogP contribution in [0.15, 0.2) is 76.9 Å². The first-order chi connectivity index (χ1) is 16.3. The van der Waals surface area contributed by atoms with Crippen molar-refractivity contribution >= 4 is 23.1 Å². The number of H-pyrrole nitrogens is 1. The zero-order valence-electron chi connectivity index (χ0n) is 18.3. The number of amides is 1. The van der Waals surface area contributed by atoms with Crippen molar-refractivity contribution in [3.8, 4) is 0 Å². The van der Waals surface area contributed by atoms with Crippen molar-refractivity contribution in [3.05, 3.63) is 93.8 Å². The Kier molecular flexibility index (Phi) is 4.88. The predicted octanol–water partition coefficient (Wildman–Crippen LogP) is -0.130. The Labute approximate surface area is 194 Å². The number of aryl methyl sites for hydroxylation is 1. The van der Waals surface area contributed by atoms with Gasteiger partial charge in [-0.2, -0.15) is 10.2 Å². The molecule has 1 aromatic heterocycles. The number of fused-ring (bicyclic) bond motifs is 1. The Balaban J connectivity index is 1.79. The van der Waals surface area contributed by atoms with Gasteiger partial charge in [-0.1, -0.05) is 36.4 Å². The molecule has 3 aromatic rings. The van der Waals surface area contributed by atoms with Crippen LogP contribution < -0.4 is 43.6 Å². The zero-order chi connectivity index (χ0) is 24.1. The monoisotopic (exact) mass is 460 g/mol. The molecule has 174 valence electrons. The number of hydrazine groups is 3. The normalized spacial score (nSPS) is 19.7. The van der Waals surface area contributed by atoms with Crippen LogP contribution in [-0.4, -0.2) is 27.2 Å². The second kappa shape index (κ2) is 7.79. The van der Waals surface area contributed by atoms with Crippen LogP contribution in [0, 0.1) is 6.92 Å². The number of benzene rings is 2. The van der Waals surface area contributed by atoms with E-state index in [1.807, 2.05) is 60.7 Å². The van der Waals surface area contributed by atoms with E-state index in [-0.39, 0.29) is 28.3 Å². The molecule has 2 aliphatic rings.